The third-order valence-corrected chi connectivity index (χ3v) is 3.95. The summed E-state index contributed by atoms with van der Waals surface area (Å²) in [5, 5.41) is 9.19. The molecule has 0 unspecified atom stereocenters. The van der Waals surface area contributed by atoms with Crippen LogP contribution in [-0.2, 0) is 9.53 Å². The number of ether oxygens (including phenoxy) is 1. The normalized spacial score (nSPS) is 17.5. The smallest absolute Gasteiger partial charge is 0.410 e. The van der Waals surface area contributed by atoms with Crippen molar-refractivity contribution in [1.29, 1.82) is 0 Å². The van der Waals surface area contributed by atoms with Crippen molar-refractivity contribution >= 4 is 12.1 Å². The maximum Gasteiger partial charge on any atom is 0.410 e. The van der Waals surface area contributed by atoms with Gasteiger partial charge in [-0.2, -0.15) is 0 Å². The fourth-order valence-electron chi connectivity index (χ4n) is 2.58. The molecule has 1 fully saturated rings. The summed E-state index contributed by atoms with van der Waals surface area (Å²) in [6.07, 6.45) is 0.677. The van der Waals surface area contributed by atoms with Gasteiger partial charge in [-0.1, -0.05) is 13.8 Å². The first-order valence-corrected chi connectivity index (χ1v) is 7.86. The van der Waals surface area contributed by atoms with Crippen LogP contribution in [0.5, 0.6) is 0 Å². The molecule has 0 aliphatic carbocycles. The fraction of sp³-hybridized carbons (Fsp3) is 0.875. The van der Waals surface area contributed by atoms with Crippen molar-refractivity contribution in [3.63, 3.8) is 0 Å². The maximum absolute atomic E-state index is 12.0. The van der Waals surface area contributed by atoms with Gasteiger partial charge in [0.15, 0.2) is 0 Å². The van der Waals surface area contributed by atoms with E-state index < -0.39 is 17.1 Å². The van der Waals surface area contributed by atoms with E-state index >= 15 is 0 Å². The molecule has 0 radical (unpaired) electrons. The number of amides is 1. The molecule has 128 valence electrons. The molecule has 6 nitrogen and oxygen atoms in total. The molecule has 1 heterocycles. The first kappa shape index (κ1) is 18.7. The Bertz CT molecular complexity index is 409. The number of carboxylic acids is 1. The zero-order valence-electron chi connectivity index (χ0n) is 14.7. The van der Waals surface area contributed by atoms with Crippen LogP contribution in [0, 0.1) is 5.92 Å². The van der Waals surface area contributed by atoms with Gasteiger partial charge in [-0.25, -0.2) is 4.79 Å². The summed E-state index contributed by atoms with van der Waals surface area (Å²) in [6, 6.07) is 0. The first-order chi connectivity index (χ1) is 9.95. The van der Waals surface area contributed by atoms with Crippen LogP contribution >= 0.6 is 0 Å². The SMILES string of the molecule is CC(C)CCN(C)C1(CC(=O)O)CN(C(=O)OC(C)(C)C)C1. The second-order valence-electron chi connectivity index (χ2n) is 7.74. The minimum atomic E-state index is -0.833. The molecule has 1 rings (SSSR count). The van der Waals surface area contributed by atoms with E-state index in [0.717, 1.165) is 13.0 Å². The summed E-state index contributed by atoms with van der Waals surface area (Å²) in [5.41, 5.74) is -1.01. The molecule has 1 N–H and O–H groups in total. The molecule has 0 spiro atoms. The van der Waals surface area contributed by atoms with E-state index in [1.54, 1.807) is 4.90 Å². The maximum atomic E-state index is 12.0. The van der Waals surface area contributed by atoms with Gasteiger partial charge in [-0.15, -0.1) is 0 Å². The Morgan fingerprint density at radius 1 is 1.32 bits per heavy atom. The van der Waals surface area contributed by atoms with Gasteiger partial charge in [0.25, 0.3) is 0 Å². The highest BCUT2D eigenvalue weighted by Gasteiger charge is 2.50. The molecule has 1 aliphatic heterocycles. The second-order valence-corrected chi connectivity index (χ2v) is 7.74. The molecule has 0 bridgehead atoms. The highest BCUT2D eigenvalue weighted by Crippen LogP contribution is 2.32. The molecular formula is C16H30N2O4. The number of aliphatic carboxylic acids is 1. The van der Waals surface area contributed by atoms with Gasteiger partial charge >= 0.3 is 12.1 Å². The number of carbonyl (C=O) groups excluding carboxylic acids is 1. The van der Waals surface area contributed by atoms with E-state index in [9.17, 15) is 14.7 Å². The minimum absolute atomic E-state index is 0.0426. The number of likely N-dealkylation sites (tertiary alicyclic amines) is 1. The van der Waals surface area contributed by atoms with Gasteiger partial charge in [-0.3, -0.25) is 9.69 Å². The van der Waals surface area contributed by atoms with E-state index in [0.29, 0.717) is 19.0 Å². The number of carbonyl (C=O) groups is 2. The van der Waals surface area contributed by atoms with Crippen molar-refractivity contribution in [3.8, 4) is 0 Å². The lowest BCUT2D eigenvalue weighted by atomic mass is 9.84. The molecule has 0 atom stereocenters. The lowest BCUT2D eigenvalue weighted by Crippen LogP contribution is -2.71. The van der Waals surface area contributed by atoms with Crippen LogP contribution in [0.2, 0.25) is 0 Å². The predicted molar refractivity (Wildman–Crippen MR) is 84.9 cm³/mol. The summed E-state index contributed by atoms with van der Waals surface area (Å²) >= 11 is 0. The summed E-state index contributed by atoms with van der Waals surface area (Å²) in [4.78, 5) is 26.9. The molecule has 1 amide bonds. The summed E-state index contributed by atoms with van der Waals surface area (Å²) in [7, 11) is 1.94. The number of likely N-dealkylation sites (N-methyl/N-ethyl adjacent to an activating group) is 1. The van der Waals surface area contributed by atoms with E-state index in [1.165, 1.54) is 0 Å². The third-order valence-electron chi connectivity index (χ3n) is 3.95. The number of carboxylic acid groups (broad SMARTS) is 1. The van der Waals surface area contributed by atoms with E-state index in [1.807, 2.05) is 27.8 Å². The van der Waals surface area contributed by atoms with E-state index in [-0.39, 0.29) is 12.5 Å². The quantitative estimate of drug-likeness (QED) is 0.815. The van der Waals surface area contributed by atoms with Crippen molar-refractivity contribution in [2.24, 2.45) is 5.92 Å². The summed E-state index contributed by atoms with van der Waals surface area (Å²) in [6.45, 7) is 11.4. The highest BCUT2D eigenvalue weighted by atomic mass is 16.6. The number of rotatable bonds is 6. The summed E-state index contributed by atoms with van der Waals surface area (Å²) < 4.78 is 5.34. The highest BCUT2D eigenvalue weighted by molar-refractivity contribution is 5.73. The minimum Gasteiger partial charge on any atom is -0.481 e. The Labute approximate surface area is 133 Å². The number of hydrogen-bond donors (Lipinski definition) is 1. The third kappa shape index (κ3) is 5.16. The van der Waals surface area contributed by atoms with Crippen molar-refractivity contribution in [1.82, 2.24) is 9.80 Å². The van der Waals surface area contributed by atoms with Gasteiger partial charge < -0.3 is 14.7 Å². The Kier molecular flexibility index (Phi) is 5.84. The van der Waals surface area contributed by atoms with Gasteiger partial charge in [0.1, 0.15) is 5.60 Å². The average Bonchev–Trinajstić information content (AvgIpc) is 2.27. The van der Waals surface area contributed by atoms with Crippen LogP contribution in [0.15, 0.2) is 0 Å². The molecule has 0 saturated carbocycles. The molecule has 0 aromatic heterocycles. The summed E-state index contributed by atoms with van der Waals surface area (Å²) in [5.74, 6) is -0.272. The van der Waals surface area contributed by atoms with Crippen LogP contribution in [0.3, 0.4) is 0 Å². The molecule has 1 saturated heterocycles. The van der Waals surface area contributed by atoms with Crippen molar-refractivity contribution < 1.29 is 19.4 Å². The van der Waals surface area contributed by atoms with Gasteiger partial charge in [0.05, 0.1) is 12.0 Å². The zero-order chi connectivity index (χ0) is 17.1. The predicted octanol–water partition coefficient (Wildman–Crippen LogP) is 2.43. The largest absolute Gasteiger partial charge is 0.481 e. The monoisotopic (exact) mass is 314 g/mol. The molecule has 6 heteroatoms. The van der Waals surface area contributed by atoms with Crippen LogP contribution in [-0.4, -0.2) is 64.8 Å². The molecule has 0 aromatic carbocycles. The fourth-order valence-corrected chi connectivity index (χ4v) is 2.58. The van der Waals surface area contributed by atoms with Crippen LogP contribution < -0.4 is 0 Å². The van der Waals surface area contributed by atoms with Gasteiger partial charge in [-0.05, 0) is 46.7 Å². The Morgan fingerprint density at radius 3 is 2.27 bits per heavy atom. The van der Waals surface area contributed by atoms with Crippen molar-refractivity contribution in [3.05, 3.63) is 0 Å². The number of nitrogens with zero attached hydrogens (tertiary/aromatic N) is 2. The Balaban J connectivity index is 2.66. The topological polar surface area (TPSA) is 70.1 Å². The Morgan fingerprint density at radius 2 is 1.86 bits per heavy atom. The van der Waals surface area contributed by atoms with E-state index in [2.05, 4.69) is 18.7 Å². The van der Waals surface area contributed by atoms with E-state index in [4.69, 9.17) is 4.74 Å². The Hall–Kier alpha value is -1.30. The standard InChI is InChI=1S/C16H30N2O4/c1-12(2)7-8-17(6)16(9-13(19)20)10-18(11-16)14(21)22-15(3,4)5/h12H,7-11H2,1-6H3,(H,19,20). The van der Waals surface area contributed by atoms with Crippen molar-refractivity contribution in [2.45, 2.75) is 58.6 Å². The average molecular weight is 314 g/mol. The second kappa shape index (κ2) is 6.86. The number of hydrogen-bond acceptors (Lipinski definition) is 4. The molecule has 1 aliphatic rings. The van der Waals surface area contributed by atoms with Gasteiger partial charge in [0, 0.05) is 13.1 Å². The first-order valence-electron chi connectivity index (χ1n) is 7.86. The lowest BCUT2D eigenvalue weighted by Gasteiger charge is -2.54. The molecular weight excluding hydrogens is 284 g/mol. The van der Waals surface area contributed by atoms with Crippen LogP contribution in [0.1, 0.15) is 47.5 Å². The van der Waals surface area contributed by atoms with Crippen LogP contribution in [0.4, 0.5) is 4.79 Å². The van der Waals surface area contributed by atoms with Crippen LogP contribution in [0.25, 0.3) is 0 Å². The zero-order valence-corrected chi connectivity index (χ0v) is 14.7. The lowest BCUT2D eigenvalue weighted by molar-refractivity contribution is -0.145. The van der Waals surface area contributed by atoms with Gasteiger partial charge in [0.2, 0.25) is 0 Å². The molecule has 0 aromatic rings. The molecule has 22 heavy (non-hydrogen) atoms. The van der Waals surface area contributed by atoms with Crippen molar-refractivity contribution in [2.75, 3.05) is 26.7 Å².